The first-order valence-corrected chi connectivity index (χ1v) is 7.99. The Kier molecular flexibility index (Phi) is 6.88. The molecular formula is C15H20BN5O6. The molecule has 2 rings (SSSR count). The molecule has 0 aliphatic heterocycles. The van der Waals surface area contributed by atoms with Gasteiger partial charge in [0.1, 0.15) is 17.9 Å². The second kappa shape index (κ2) is 9.12. The molecule has 144 valence electrons. The van der Waals surface area contributed by atoms with Gasteiger partial charge in [-0.15, -0.1) is 5.10 Å². The molecule has 0 radical (unpaired) electrons. The normalized spacial score (nSPS) is 11.7. The predicted molar refractivity (Wildman–Crippen MR) is 93.7 cm³/mol. The molecule has 1 unspecified atom stereocenters. The first kappa shape index (κ1) is 20.4. The minimum Gasteiger partial charge on any atom is -0.496 e. The van der Waals surface area contributed by atoms with Gasteiger partial charge in [-0.2, -0.15) is 0 Å². The lowest BCUT2D eigenvalue weighted by molar-refractivity contribution is -0.122. The van der Waals surface area contributed by atoms with Crippen LogP contribution in [0.5, 0.6) is 5.75 Å². The van der Waals surface area contributed by atoms with E-state index in [1.54, 1.807) is 6.07 Å². The lowest BCUT2D eigenvalue weighted by Gasteiger charge is -2.20. The number of hydrogen-bond donors (Lipinski definition) is 5. The maximum absolute atomic E-state index is 12.2. The van der Waals surface area contributed by atoms with Crippen molar-refractivity contribution in [2.75, 3.05) is 7.11 Å². The Bertz CT molecular complexity index is 812. The molecular weight excluding hydrogens is 357 g/mol. The van der Waals surface area contributed by atoms with Crippen LogP contribution in [0.1, 0.15) is 21.6 Å². The number of carbonyl (C=O) groups is 2. The zero-order chi connectivity index (χ0) is 20.0. The zero-order valence-corrected chi connectivity index (χ0v) is 14.6. The van der Waals surface area contributed by atoms with E-state index in [1.165, 1.54) is 30.1 Å². The molecule has 27 heavy (non-hydrogen) atoms. The molecule has 0 saturated carbocycles. The van der Waals surface area contributed by atoms with Gasteiger partial charge in [-0.25, -0.2) is 9.48 Å². The van der Waals surface area contributed by atoms with Crippen LogP contribution in [0.2, 0.25) is 0 Å². The van der Waals surface area contributed by atoms with Crippen molar-refractivity contribution in [3.05, 3.63) is 41.2 Å². The molecule has 0 spiro atoms. The third kappa shape index (κ3) is 5.26. The van der Waals surface area contributed by atoms with Crippen LogP contribution in [-0.4, -0.2) is 62.2 Å². The molecule has 1 aromatic heterocycles. The van der Waals surface area contributed by atoms with Crippen LogP contribution in [-0.2, 0) is 24.3 Å². The van der Waals surface area contributed by atoms with Crippen LogP contribution < -0.4 is 15.8 Å². The fourth-order valence-corrected chi connectivity index (χ4v) is 2.53. The van der Waals surface area contributed by atoms with Gasteiger partial charge >= 0.3 is 13.1 Å². The van der Waals surface area contributed by atoms with E-state index in [0.29, 0.717) is 11.3 Å². The van der Waals surface area contributed by atoms with Gasteiger partial charge in [0.15, 0.2) is 0 Å². The molecule has 11 nitrogen and oxygen atoms in total. The number of nitrogens with zero attached hydrogens (tertiary/aromatic N) is 3. The monoisotopic (exact) mass is 377 g/mol. The highest BCUT2D eigenvalue weighted by Crippen LogP contribution is 2.25. The summed E-state index contributed by atoms with van der Waals surface area (Å²) in [7, 11) is -0.559. The highest BCUT2D eigenvalue weighted by molar-refractivity contribution is 6.43. The standard InChI is InChI=1S/C15H20BN5O6/c1-27-14-9(3-2-4-11(14)15(23)24)5-12(16(25)26)18-13(22)8-21-7-10(6-17)19-20-21/h2-4,7,12,25-26H,5-6,8,17H2,1H3,(H,18,22)(H,23,24). The number of amides is 1. The third-order valence-electron chi connectivity index (χ3n) is 3.78. The van der Waals surface area contributed by atoms with Crippen molar-refractivity contribution in [1.82, 2.24) is 20.3 Å². The fourth-order valence-electron chi connectivity index (χ4n) is 2.53. The van der Waals surface area contributed by atoms with Crippen LogP contribution >= 0.6 is 0 Å². The topological polar surface area (TPSA) is 173 Å². The van der Waals surface area contributed by atoms with E-state index in [9.17, 15) is 24.7 Å². The average molecular weight is 377 g/mol. The first-order valence-electron chi connectivity index (χ1n) is 7.99. The number of carbonyl (C=O) groups excluding carboxylic acids is 1. The minimum absolute atomic E-state index is 0.0564. The number of aromatic carboxylic acids is 1. The molecule has 0 bridgehead atoms. The van der Waals surface area contributed by atoms with Gasteiger partial charge in [-0.3, -0.25) is 4.79 Å². The molecule has 2 aromatic rings. The maximum Gasteiger partial charge on any atom is 0.475 e. The number of benzene rings is 1. The average Bonchev–Trinajstić information content (AvgIpc) is 3.08. The van der Waals surface area contributed by atoms with E-state index < -0.39 is 24.9 Å². The predicted octanol–water partition coefficient (Wildman–Crippen LogP) is -1.82. The summed E-state index contributed by atoms with van der Waals surface area (Å²) in [6.07, 6.45) is 1.45. The van der Waals surface area contributed by atoms with Gasteiger partial charge in [0.2, 0.25) is 5.91 Å². The van der Waals surface area contributed by atoms with E-state index in [-0.39, 0.29) is 30.8 Å². The van der Waals surface area contributed by atoms with Crippen LogP contribution in [0.4, 0.5) is 0 Å². The van der Waals surface area contributed by atoms with Crippen LogP contribution in [0, 0.1) is 0 Å². The van der Waals surface area contributed by atoms with Crippen molar-refractivity contribution in [2.45, 2.75) is 25.5 Å². The quantitative estimate of drug-likeness (QED) is 0.315. The largest absolute Gasteiger partial charge is 0.496 e. The van der Waals surface area contributed by atoms with Crippen LogP contribution in [0.25, 0.3) is 0 Å². The Morgan fingerprint density at radius 2 is 2.15 bits per heavy atom. The van der Waals surface area contributed by atoms with Gasteiger partial charge in [0.05, 0.1) is 24.9 Å². The minimum atomic E-state index is -1.87. The van der Waals surface area contributed by atoms with Crippen molar-refractivity contribution >= 4 is 19.0 Å². The Morgan fingerprint density at radius 3 is 2.70 bits per heavy atom. The number of aromatic nitrogens is 3. The smallest absolute Gasteiger partial charge is 0.475 e. The highest BCUT2D eigenvalue weighted by Gasteiger charge is 2.28. The second-order valence-corrected chi connectivity index (χ2v) is 5.71. The van der Waals surface area contributed by atoms with E-state index in [0.717, 1.165) is 0 Å². The summed E-state index contributed by atoms with van der Waals surface area (Å²) in [5, 5.41) is 38.4. The summed E-state index contributed by atoms with van der Waals surface area (Å²) in [5.74, 6) is -2.71. The van der Waals surface area contributed by atoms with Crippen LogP contribution in [0.3, 0.4) is 0 Å². The van der Waals surface area contributed by atoms with Gasteiger partial charge < -0.3 is 30.9 Å². The highest BCUT2D eigenvalue weighted by atomic mass is 16.5. The molecule has 0 aliphatic carbocycles. The van der Waals surface area contributed by atoms with E-state index in [1.807, 2.05) is 0 Å². The number of para-hydroxylation sites is 1. The van der Waals surface area contributed by atoms with Gasteiger partial charge in [0, 0.05) is 6.54 Å². The molecule has 0 fully saturated rings. The molecule has 1 amide bonds. The molecule has 6 N–H and O–H groups in total. The summed E-state index contributed by atoms with van der Waals surface area (Å²) in [6.45, 7) is -0.0121. The Balaban J connectivity index is 2.12. The lowest BCUT2D eigenvalue weighted by Crippen LogP contribution is -2.48. The van der Waals surface area contributed by atoms with Crippen LogP contribution in [0.15, 0.2) is 24.4 Å². The molecule has 12 heteroatoms. The number of ether oxygens (including phenoxy) is 1. The third-order valence-corrected chi connectivity index (χ3v) is 3.78. The number of carboxylic acids is 1. The first-order chi connectivity index (χ1) is 12.8. The number of methoxy groups -OCH3 is 1. The SMILES string of the molecule is COc1c(CC(NC(=O)Cn2cc(CN)nn2)B(O)O)cccc1C(=O)O. The van der Waals surface area contributed by atoms with Crippen molar-refractivity contribution in [1.29, 1.82) is 0 Å². The molecule has 1 heterocycles. The number of nitrogens with one attached hydrogen (secondary N) is 1. The van der Waals surface area contributed by atoms with E-state index in [4.69, 9.17) is 10.5 Å². The number of nitrogens with two attached hydrogens (primary N) is 1. The molecule has 0 saturated heterocycles. The Hall–Kier alpha value is -2.96. The zero-order valence-electron chi connectivity index (χ0n) is 14.6. The van der Waals surface area contributed by atoms with Crippen molar-refractivity contribution in [3.63, 3.8) is 0 Å². The van der Waals surface area contributed by atoms with Gasteiger partial charge in [0.25, 0.3) is 0 Å². The van der Waals surface area contributed by atoms with Crippen molar-refractivity contribution in [2.24, 2.45) is 5.73 Å². The summed E-state index contributed by atoms with van der Waals surface area (Å²) >= 11 is 0. The van der Waals surface area contributed by atoms with Gasteiger partial charge in [-0.1, -0.05) is 17.3 Å². The summed E-state index contributed by atoms with van der Waals surface area (Å²) in [4.78, 5) is 23.5. The summed E-state index contributed by atoms with van der Waals surface area (Å²) in [5.41, 5.74) is 6.28. The Morgan fingerprint density at radius 1 is 1.41 bits per heavy atom. The molecule has 1 aromatic carbocycles. The Labute approximate surface area is 154 Å². The number of hydrogen-bond acceptors (Lipinski definition) is 8. The van der Waals surface area contributed by atoms with E-state index >= 15 is 0 Å². The summed E-state index contributed by atoms with van der Waals surface area (Å²) < 4.78 is 6.41. The molecule has 0 aliphatic rings. The number of carboxylic acid groups (broad SMARTS) is 1. The lowest BCUT2D eigenvalue weighted by atomic mass is 9.75. The second-order valence-electron chi connectivity index (χ2n) is 5.71. The van der Waals surface area contributed by atoms with E-state index in [2.05, 4.69) is 15.6 Å². The summed E-state index contributed by atoms with van der Waals surface area (Å²) in [6, 6.07) is 4.46. The maximum atomic E-state index is 12.2. The fraction of sp³-hybridized carbons (Fsp3) is 0.333. The van der Waals surface area contributed by atoms with Crippen molar-refractivity contribution in [3.8, 4) is 5.75 Å². The molecule has 1 atom stereocenters. The number of rotatable bonds is 9. The van der Waals surface area contributed by atoms with Crippen molar-refractivity contribution < 1.29 is 29.5 Å². The van der Waals surface area contributed by atoms with Gasteiger partial charge in [-0.05, 0) is 18.1 Å².